The van der Waals surface area contributed by atoms with Crippen molar-refractivity contribution in [1.82, 2.24) is 14.5 Å². The number of piperidine rings is 1. The summed E-state index contributed by atoms with van der Waals surface area (Å²) in [5.74, 6) is 0.462. The summed E-state index contributed by atoms with van der Waals surface area (Å²) in [6.45, 7) is 3.48. The lowest BCUT2D eigenvalue weighted by molar-refractivity contribution is -0.127. The first-order valence-corrected chi connectivity index (χ1v) is 16.0. The minimum Gasteiger partial charge on any atom is -0.508 e. The van der Waals surface area contributed by atoms with Crippen LogP contribution in [0.15, 0.2) is 47.4 Å². The lowest BCUT2D eigenvalue weighted by Crippen LogP contribution is -2.59. The molecule has 41 heavy (non-hydrogen) atoms. The van der Waals surface area contributed by atoms with E-state index in [1.54, 1.807) is 18.2 Å². The maximum Gasteiger partial charge on any atom is 0.247 e. The van der Waals surface area contributed by atoms with E-state index >= 15 is 0 Å². The number of sulfonamides is 1. The Labute approximate surface area is 241 Å². The maximum atomic E-state index is 13.9. The molecule has 1 amide bonds. The van der Waals surface area contributed by atoms with Gasteiger partial charge in [0, 0.05) is 63.3 Å². The largest absolute Gasteiger partial charge is 0.508 e. The van der Waals surface area contributed by atoms with Crippen LogP contribution in [-0.4, -0.2) is 90.9 Å². The minimum atomic E-state index is -4.11. The Bertz CT molecular complexity index is 1370. The van der Waals surface area contributed by atoms with Crippen LogP contribution in [0.3, 0.4) is 0 Å². The molecule has 4 aliphatic rings. The number of likely N-dealkylation sites (tertiary alicyclic amines) is 1. The summed E-state index contributed by atoms with van der Waals surface area (Å²) in [5, 5.41) is 23.9. The molecule has 3 N–H and O–H groups in total. The fourth-order valence-electron chi connectivity index (χ4n) is 6.71. The van der Waals surface area contributed by atoms with Crippen LogP contribution in [-0.2, 0) is 26.1 Å². The summed E-state index contributed by atoms with van der Waals surface area (Å²) in [7, 11) is -4.11. The Kier molecular flexibility index (Phi) is 7.99. The van der Waals surface area contributed by atoms with Crippen LogP contribution < -0.4 is 10.1 Å². The number of aliphatic hydroxyl groups is 1. The molecular weight excluding hydrogens is 546 g/mol. The van der Waals surface area contributed by atoms with Crippen LogP contribution in [0.25, 0.3) is 0 Å². The number of aromatic hydroxyl groups is 1. The predicted molar refractivity (Wildman–Crippen MR) is 151 cm³/mol. The predicted octanol–water partition coefficient (Wildman–Crippen LogP) is 2.34. The second-order valence-corrected chi connectivity index (χ2v) is 13.7. The van der Waals surface area contributed by atoms with E-state index in [4.69, 9.17) is 9.47 Å². The SMILES string of the molecule is O=C1NC2(CCOc3cc(C4CCOCC4)ccc3S(=O)(=O)N3C[C@H](O)C[C@@H]13)CCN(Cc1ccccc1O)CC2. The van der Waals surface area contributed by atoms with E-state index in [0.717, 1.165) is 28.3 Å². The molecule has 1 spiro atoms. The summed E-state index contributed by atoms with van der Waals surface area (Å²) in [6.07, 6.45) is 2.70. The van der Waals surface area contributed by atoms with E-state index in [-0.39, 0.29) is 42.0 Å². The molecule has 0 aromatic heterocycles. The number of carbonyl (C=O) groups excluding carboxylic acids is 1. The smallest absolute Gasteiger partial charge is 0.247 e. The number of hydrogen-bond donors (Lipinski definition) is 3. The Hall–Kier alpha value is -2.70. The zero-order chi connectivity index (χ0) is 28.6. The van der Waals surface area contributed by atoms with E-state index in [1.165, 1.54) is 0 Å². The lowest BCUT2D eigenvalue weighted by Gasteiger charge is -2.43. The highest BCUT2D eigenvalue weighted by atomic mass is 32.2. The van der Waals surface area contributed by atoms with Gasteiger partial charge in [0.2, 0.25) is 15.9 Å². The van der Waals surface area contributed by atoms with E-state index in [0.29, 0.717) is 57.9 Å². The van der Waals surface area contributed by atoms with Gasteiger partial charge in [0.1, 0.15) is 22.4 Å². The molecular formula is C30H39N3O7S. The van der Waals surface area contributed by atoms with Gasteiger partial charge in [-0.25, -0.2) is 8.42 Å². The number of fused-ring (bicyclic) bond motifs is 2. The highest BCUT2D eigenvalue weighted by Crippen LogP contribution is 2.38. The molecule has 2 aromatic carbocycles. The van der Waals surface area contributed by atoms with Crippen molar-refractivity contribution in [2.45, 2.75) is 73.6 Å². The molecule has 0 aliphatic carbocycles. The third-order valence-electron chi connectivity index (χ3n) is 9.21. The molecule has 3 fully saturated rings. The lowest BCUT2D eigenvalue weighted by atomic mass is 9.84. The molecule has 4 heterocycles. The number of amides is 1. The van der Waals surface area contributed by atoms with Gasteiger partial charge in [-0.15, -0.1) is 0 Å². The maximum absolute atomic E-state index is 13.9. The van der Waals surface area contributed by atoms with Crippen molar-refractivity contribution in [2.75, 3.05) is 39.5 Å². The molecule has 2 atom stereocenters. The second-order valence-electron chi connectivity index (χ2n) is 11.8. The number of nitrogens with one attached hydrogen (secondary N) is 1. The molecule has 0 radical (unpaired) electrons. The first-order valence-electron chi connectivity index (χ1n) is 14.6. The molecule has 6 rings (SSSR count). The molecule has 0 bridgehead atoms. The zero-order valence-corrected chi connectivity index (χ0v) is 24.0. The van der Waals surface area contributed by atoms with E-state index in [9.17, 15) is 23.4 Å². The average molecular weight is 586 g/mol. The van der Waals surface area contributed by atoms with Crippen molar-refractivity contribution in [1.29, 1.82) is 0 Å². The van der Waals surface area contributed by atoms with Crippen LogP contribution in [0.2, 0.25) is 0 Å². The van der Waals surface area contributed by atoms with Gasteiger partial charge >= 0.3 is 0 Å². The molecule has 10 nitrogen and oxygen atoms in total. The van der Waals surface area contributed by atoms with Crippen LogP contribution in [0.5, 0.6) is 11.5 Å². The van der Waals surface area contributed by atoms with E-state index in [2.05, 4.69) is 10.2 Å². The van der Waals surface area contributed by atoms with Gasteiger partial charge in [0.05, 0.1) is 12.7 Å². The van der Waals surface area contributed by atoms with Crippen molar-refractivity contribution in [3.63, 3.8) is 0 Å². The molecule has 3 saturated heterocycles. The number of para-hydroxylation sites is 1. The van der Waals surface area contributed by atoms with Crippen LogP contribution in [0.1, 0.15) is 55.6 Å². The highest BCUT2D eigenvalue weighted by molar-refractivity contribution is 7.89. The number of hydrogen-bond acceptors (Lipinski definition) is 8. The standard InChI is InChI=1S/C30H39N3O7S/c34-24-18-25-29(36)31-30(9-12-32(13-10-30)19-23-3-1-2-4-26(23)35)11-16-40-27-17-22(21-7-14-39-15-8-21)5-6-28(27)41(37,38)33(25)20-24/h1-6,17,21,24-25,34-35H,7-16,18-20H2,(H,31,36)/t24-,25+/m1/s1. The molecule has 0 saturated carbocycles. The number of benzene rings is 2. The van der Waals surface area contributed by atoms with Crippen molar-refractivity contribution < 1.29 is 32.9 Å². The van der Waals surface area contributed by atoms with Crippen LogP contribution >= 0.6 is 0 Å². The number of phenols is 1. The highest BCUT2D eigenvalue weighted by Gasteiger charge is 2.47. The van der Waals surface area contributed by atoms with Gasteiger partial charge in [0.25, 0.3) is 0 Å². The summed E-state index contributed by atoms with van der Waals surface area (Å²) in [4.78, 5) is 16.0. The van der Waals surface area contributed by atoms with Gasteiger partial charge in [-0.2, -0.15) is 4.31 Å². The number of ether oxygens (including phenoxy) is 2. The molecule has 4 aliphatic heterocycles. The summed E-state index contributed by atoms with van der Waals surface area (Å²) >= 11 is 0. The van der Waals surface area contributed by atoms with Gasteiger partial charge in [-0.3, -0.25) is 9.69 Å². The number of rotatable bonds is 3. The summed E-state index contributed by atoms with van der Waals surface area (Å²) < 4.78 is 40.8. The fourth-order valence-corrected chi connectivity index (χ4v) is 8.46. The molecule has 2 aromatic rings. The number of carbonyl (C=O) groups is 1. The first-order chi connectivity index (χ1) is 19.7. The minimum absolute atomic E-state index is 0.0358. The van der Waals surface area contributed by atoms with E-state index < -0.39 is 27.7 Å². The Morgan fingerprint density at radius 3 is 2.54 bits per heavy atom. The van der Waals surface area contributed by atoms with Crippen LogP contribution in [0.4, 0.5) is 0 Å². The second kappa shape index (κ2) is 11.5. The third-order valence-corrected chi connectivity index (χ3v) is 11.1. The van der Waals surface area contributed by atoms with Crippen molar-refractivity contribution >= 4 is 15.9 Å². The molecule has 222 valence electrons. The summed E-state index contributed by atoms with van der Waals surface area (Å²) in [5.41, 5.74) is 1.31. The van der Waals surface area contributed by atoms with Gasteiger partial charge in [-0.1, -0.05) is 24.3 Å². The number of aliphatic hydroxyl groups excluding tert-OH is 1. The fraction of sp³-hybridized carbons (Fsp3) is 0.567. The van der Waals surface area contributed by atoms with Gasteiger partial charge in [-0.05, 0) is 55.4 Å². The third kappa shape index (κ3) is 5.83. The normalized spacial score (nSPS) is 27.3. The number of nitrogens with zero attached hydrogens (tertiary/aromatic N) is 2. The average Bonchev–Trinajstić information content (AvgIpc) is 3.38. The zero-order valence-electron chi connectivity index (χ0n) is 23.2. The Balaban J connectivity index is 1.28. The van der Waals surface area contributed by atoms with E-state index in [1.807, 2.05) is 24.3 Å². The monoisotopic (exact) mass is 585 g/mol. The van der Waals surface area contributed by atoms with Gasteiger partial charge < -0.3 is 25.0 Å². The van der Waals surface area contributed by atoms with Gasteiger partial charge in [0.15, 0.2) is 0 Å². The number of phenolic OH excluding ortho intramolecular Hbond substituents is 1. The molecule has 11 heteroatoms. The van der Waals surface area contributed by atoms with Crippen molar-refractivity contribution in [3.05, 3.63) is 53.6 Å². The van der Waals surface area contributed by atoms with Crippen molar-refractivity contribution in [2.24, 2.45) is 0 Å². The topological polar surface area (TPSA) is 129 Å². The summed E-state index contributed by atoms with van der Waals surface area (Å²) in [6, 6.07) is 11.6. The molecule has 0 unspecified atom stereocenters. The first kappa shape index (κ1) is 28.4. The Morgan fingerprint density at radius 1 is 1.02 bits per heavy atom. The Morgan fingerprint density at radius 2 is 1.78 bits per heavy atom. The van der Waals surface area contributed by atoms with Crippen LogP contribution in [0, 0.1) is 0 Å². The van der Waals surface area contributed by atoms with Crippen molar-refractivity contribution in [3.8, 4) is 11.5 Å². The quantitative estimate of drug-likeness (QED) is 0.501.